The first-order valence-electron chi connectivity index (χ1n) is 4.80. The predicted molar refractivity (Wildman–Crippen MR) is 56.2 cm³/mol. The molecule has 72 valence electrons. The van der Waals surface area contributed by atoms with E-state index in [2.05, 4.69) is 41.6 Å². The van der Waals surface area contributed by atoms with Gasteiger partial charge in [-0.05, 0) is 6.92 Å². The number of hydrogen-bond donors (Lipinski definition) is 0. The lowest BCUT2D eigenvalue weighted by Gasteiger charge is -2.43. The van der Waals surface area contributed by atoms with Gasteiger partial charge in [-0.1, -0.05) is 19.4 Å². The van der Waals surface area contributed by atoms with Crippen molar-refractivity contribution in [1.29, 1.82) is 0 Å². The van der Waals surface area contributed by atoms with Crippen molar-refractivity contribution in [2.24, 2.45) is 0 Å². The molecule has 0 heterocycles. The van der Waals surface area contributed by atoms with Crippen molar-refractivity contribution in [1.82, 2.24) is 0 Å². The molecule has 0 fully saturated rings. The van der Waals surface area contributed by atoms with Crippen molar-refractivity contribution in [2.45, 2.75) is 38.6 Å². The molecule has 0 N–H and O–H groups in total. The Morgan fingerprint density at radius 3 is 2.08 bits per heavy atom. The first kappa shape index (κ1) is 11.7. The molecular formula is C11H24N+. The van der Waals surface area contributed by atoms with Gasteiger partial charge >= 0.3 is 0 Å². The summed E-state index contributed by atoms with van der Waals surface area (Å²) in [6.07, 6.45) is 5.66. The van der Waals surface area contributed by atoms with Crippen LogP contribution in [0, 0.1) is 0 Å². The van der Waals surface area contributed by atoms with Crippen molar-refractivity contribution < 1.29 is 4.48 Å². The molecule has 1 unspecified atom stereocenters. The standard InChI is InChI=1S/C11H24N/c1-7-9-11(3,10-8-2)12(4,5)6/h7H,1,8-10H2,2-6H3/q+1. The van der Waals surface area contributed by atoms with Crippen LogP contribution in [0.4, 0.5) is 0 Å². The minimum absolute atomic E-state index is 0.358. The van der Waals surface area contributed by atoms with Crippen LogP contribution in [0.5, 0.6) is 0 Å². The van der Waals surface area contributed by atoms with Gasteiger partial charge in [0.2, 0.25) is 0 Å². The first-order valence-corrected chi connectivity index (χ1v) is 4.80. The molecule has 0 amide bonds. The highest BCUT2D eigenvalue weighted by Crippen LogP contribution is 2.27. The Bertz CT molecular complexity index is 144. The van der Waals surface area contributed by atoms with Gasteiger partial charge in [0.15, 0.2) is 0 Å². The molecule has 0 rings (SSSR count). The Balaban J connectivity index is 4.48. The summed E-state index contributed by atoms with van der Waals surface area (Å²) in [5.41, 5.74) is 0.358. The lowest BCUT2D eigenvalue weighted by atomic mass is 9.89. The van der Waals surface area contributed by atoms with Crippen LogP contribution in [-0.2, 0) is 0 Å². The molecule has 0 aliphatic carbocycles. The van der Waals surface area contributed by atoms with Crippen LogP contribution in [0.15, 0.2) is 12.7 Å². The second-order valence-corrected chi connectivity index (χ2v) is 4.75. The molecule has 0 aromatic carbocycles. The molecule has 1 heteroatoms. The summed E-state index contributed by atoms with van der Waals surface area (Å²) in [6.45, 7) is 8.42. The monoisotopic (exact) mass is 170 g/mol. The lowest BCUT2D eigenvalue weighted by molar-refractivity contribution is -0.922. The highest BCUT2D eigenvalue weighted by atomic mass is 15.3. The average Bonchev–Trinajstić information content (AvgIpc) is 1.86. The highest BCUT2D eigenvalue weighted by Gasteiger charge is 2.35. The second-order valence-electron chi connectivity index (χ2n) is 4.75. The summed E-state index contributed by atoms with van der Waals surface area (Å²) in [5, 5.41) is 0. The second kappa shape index (κ2) is 4.08. The van der Waals surface area contributed by atoms with Gasteiger partial charge in [0.05, 0.1) is 26.7 Å². The molecule has 0 aromatic heterocycles. The maximum atomic E-state index is 3.83. The van der Waals surface area contributed by atoms with Gasteiger partial charge in [-0.15, -0.1) is 6.58 Å². The van der Waals surface area contributed by atoms with E-state index in [9.17, 15) is 0 Å². The van der Waals surface area contributed by atoms with E-state index in [0.29, 0.717) is 5.54 Å². The van der Waals surface area contributed by atoms with Gasteiger partial charge in [0, 0.05) is 12.8 Å². The molecule has 12 heavy (non-hydrogen) atoms. The minimum atomic E-state index is 0.358. The molecule has 0 aliphatic heterocycles. The zero-order chi connectivity index (χ0) is 9.83. The van der Waals surface area contributed by atoms with E-state index >= 15 is 0 Å². The number of hydrogen-bond acceptors (Lipinski definition) is 0. The molecule has 0 saturated carbocycles. The Labute approximate surface area is 77.7 Å². The van der Waals surface area contributed by atoms with Crippen LogP contribution in [0.25, 0.3) is 0 Å². The Hall–Kier alpha value is -0.300. The fourth-order valence-corrected chi connectivity index (χ4v) is 1.56. The number of quaternary nitrogens is 1. The van der Waals surface area contributed by atoms with Crippen LogP contribution in [0.1, 0.15) is 33.1 Å². The molecule has 0 bridgehead atoms. The SMILES string of the molecule is C=CCC(C)(CCC)[N+](C)(C)C. The van der Waals surface area contributed by atoms with Crippen molar-refractivity contribution in [3.05, 3.63) is 12.7 Å². The third-order valence-electron chi connectivity index (χ3n) is 2.99. The lowest BCUT2D eigenvalue weighted by Crippen LogP contribution is -2.54. The van der Waals surface area contributed by atoms with Crippen LogP contribution >= 0.6 is 0 Å². The first-order chi connectivity index (χ1) is 5.37. The molecule has 0 aromatic rings. The summed E-state index contributed by atoms with van der Waals surface area (Å²) in [6, 6.07) is 0. The quantitative estimate of drug-likeness (QED) is 0.439. The van der Waals surface area contributed by atoms with E-state index in [1.165, 1.54) is 12.8 Å². The van der Waals surface area contributed by atoms with Crippen molar-refractivity contribution >= 4 is 0 Å². The third-order valence-corrected chi connectivity index (χ3v) is 2.99. The van der Waals surface area contributed by atoms with E-state index in [4.69, 9.17) is 0 Å². The normalized spacial score (nSPS) is 17.1. The van der Waals surface area contributed by atoms with Gasteiger partial charge < -0.3 is 4.48 Å². The van der Waals surface area contributed by atoms with Gasteiger partial charge in [-0.25, -0.2) is 0 Å². The van der Waals surface area contributed by atoms with Crippen LogP contribution in [0.2, 0.25) is 0 Å². The van der Waals surface area contributed by atoms with Crippen LogP contribution in [0.3, 0.4) is 0 Å². The van der Waals surface area contributed by atoms with Gasteiger partial charge in [-0.3, -0.25) is 0 Å². The number of rotatable bonds is 5. The molecule has 0 aliphatic rings. The van der Waals surface area contributed by atoms with E-state index in [1.807, 2.05) is 6.08 Å². The average molecular weight is 170 g/mol. The van der Waals surface area contributed by atoms with Crippen molar-refractivity contribution in [3.8, 4) is 0 Å². The van der Waals surface area contributed by atoms with Crippen molar-refractivity contribution in [3.63, 3.8) is 0 Å². The van der Waals surface area contributed by atoms with E-state index in [1.54, 1.807) is 0 Å². The smallest absolute Gasteiger partial charge is 0.0992 e. The largest absolute Gasteiger partial charge is 0.326 e. The maximum absolute atomic E-state index is 3.83. The highest BCUT2D eigenvalue weighted by molar-refractivity contribution is 4.84. The summed E-state index contributed by atoms with van der Waals surface area (Å²) >= 11 is 0. The third kappa shape index (κ3) is 2.63. The number of nitrogens with zero attached hydrogens (tertiary/aromatic N) is 1. The van der Waals surface area contributed by atoms with E-state index < -0.39 is 0 Å². The Morgan fingerprint density at radius 2 is 1.83 bits per heavy atom. The van der Waals surface area contributed by atoms with E-state index in [-0.39, 0.29) is 0 Å². The molecule has 0 radical (unpaired) electrons. The zero-order valence-corrected chi connectivity index (χ0v) is 9.35. The Kier molecular flexibility index (Phi) is 3.98. The molecule has 0 spiro atoms. The summed E-state index contributed by atoms with van der Waals surface area (Å²) in [7, 11) is 6.79. The van der Waals surface area contributed by atoms with Gasteiger partial charge in [0.1, 0.15) is 0 Å². The fourth-order valence-electron chi connectivity index (χ4n) is 1.56. The fraction of sp³-hybridized carbons (Fsp3) is 0.818. The molecule has 1 nitrogen and oxygen atoms in total. The molecular weight excluding hydrogens is 146 g/mol. The predicted octanol–water partition coefficient (Wildman–Crippen LogP) is 2.83. The summed E-state index contributed by atoms with van der Waals surface area (Å²) in [4.78, 5) is 0. The van der Waals surface area contributed by atoms with Gasteiger partial charge in [-0.2, -0.15) is 0 Å². The summed E-state index contributed by atoms with van der Waals surface area (Å²) in [5.74, 6) is 0. The van der Waals surface area contributed by atoms with E-state index in [0.717, 1.165) is 10.9 Å². The van der Waals surface area contributed by atoms with Gasteiger partial charge in [0.25, 0.3) is 0 Å². The summed E-state index contributed by atoms with van der Waals surface area (Å²) < 4.78 is 1.02. The van der Waals surface area contributed by atoms with Crippen LogP contribution in [-0.4, -0.2) is 31.2 Å². The minimum Gasteiger partial charge on any atom is -0.326 e. The maximum Gasteiger partial charge on any atom is 0.0992 e. The Morgan fingerprint density at radius 1 is 1.33 bits per heavy atom. The zero-order valence-electron chi connectivity index (χ0n) is 9.35. The topological polar surface area (TPSA) is 0 Å². The van der Waals surface area contributed by atoms with Crippen molar-refractivity contribution in [2.75, 3.05) is 21.1 Å². The van der Waals surface area contributed by atoms with Crippen LogP contribution < -0.4 is 0 Å². The molecule has 1 atom stereocenters. The molecule has 0 saturated heterocycles.